The first-order valence-electron chi connectivity index (χ1n) is 12.2. The largest absolute Gasteiger partial charge is 0.443 e. The Morgan fingerprint density at radius 2 is 1.54 bits per heavy atom. The van der Waals surface area contributed by atoms with Gasteiger partial charge in [-0.25, -0.2) is 29.1 Å². The van der Waals surface area contributed by atoms with E-state index in [0.29, 0.717) is 5.56 Å². The highest BCUT2D eigenvalue weighted by Gasteiger charge is 2.35. The lowest BCUT2D eigenvalue weighted by atomic mass is 10.1. The quantitative estimate of drug-likeness (QED) is 0.348. The Hall–Kier alpha value is -4.67. The predicted octanol–water partition coefficient (Wildman–Crippen LogP) is 6.23. The van der Waals surface area contributed by atoms with Crippen LogP contribution in [0, 0.1) is 11.3 Å². The summed E-state index contributed by atoms with van der Waals surface area (Å²) in [6.45, 7) is 9.67. The van der Waals surface area contributed by atoms with Gasteiger partial charge in [-0.05, 0) is 59.7 Å². The van der Waals surface area contributed by atoms with Gasteiger partial charge in [-0.3, -0.25) is 0 Å². The lowest BCUT2D eigenvalue weighted by molar-refractivity contribution is -0.141. The smallest absolute Gasteiger partial charge is 0.435 e. The summed E-state index contributed by atoms with van der Waals surface area (Å²) in [5, 5.41) is 12.7. The van der Waals surface area contributed by atoms with Crippen molar-refractivity contribution in [3.8, 4) is 29.1 Å². The maximum Gasteiger partial charge on any atom is 0.435 e. The molecule has 1 aromatic carbocycles. The number of rotatable bonds is 5. The normalized spacial score (nSPS) is 11.9. The zero-order valence-corrected chi connectivity index (χ0v) is 23.5. The third-order valence-corrected chi connectivity index (χ3v) is 4.97. The summed E-state index contributed by atoms with van der Waals surface area (Å²) >= 11 is 0. The molecule has 0 aliphatic rings. The van der Waals surface area contributed by atoms with Crippen LogP contribution in [0.3, 0.4) is 0 Å². The van der Waals surface area contributed by atoms with Crippen molar-refractivity contribution in [2.24, 2.45) is 7.05 Å². The summed E-state index contributed by atoms with van der Waals surface area (Å²) in [6, 6.07) is 6.96. The van der Waals surface area contributed by atoms with E-state index in [-0.39, 0.29) is 35.1 Å². The molecule has 3 rings (SSSR count). The van der Waals surface area contributed by atoms with Crippen molar-refractivity contribution in [1.29, 1.82) is 5.26 Å². The van der Waals surface area contributed by atoms with Crippen molar-refractivity contribution in [1.82, 2.24) is 24.6 Å². The van der Waals surface area contributed by atoms with Gasteiger partial charge in [-0.1, -0.05) is 0 Å². The van der Waals surface area contributed by atoms with Gasteiger partial charge in [0.1, 0.15) is 17.0 Å². The van der Waals surface area contributed by atoms with E-state index in [2.05, 4.69) is 15.1 Å². The maximum absolute atomic E-state index is 13.1. The number of ether oxygens (including phenoxy) is 3. The second kappa shape index (κ2) is 11.4. The third kappa shape index (κ3) is 8.41. The molecule has 0 fully saturated rings. The topological polar surface area (TPSA) is 132 Å². The molecule has 0 aliphatic heterocycles. The molecule has 0 unspecified atom stereocenters. The Labute approximate surface area is 234 Å². The lowest BCUT2D eigenvalue weighted by Gasteiger charge is -2.28. The van der Waals surface area contributed by atoms with Crippen LogP contribution in [-0.2, 0) is 29.2 Å². The number of aryl methyl sites for hydroxylation is 1. The molecule has 3 aromatic rings. The van der Waals surface area contributed by atoms with E-state index >= 15 is 0 Å². The van der Waals surface area contributed by atoms with E-state index in [9.17, 15) is 28.0 Å². The molecule has 0 spiro atoms. The van der Waals surface area contributed by atoms with Gasteiger partial charge in [0.05, 0.1) is 23.7 Å². The standard InChI is InChI=1S/C27H29F3N6O5/c1-25(2,3)40-23(37)36(24(38)41-26(4,5)6)15-17-13-32-22(33-14-17)18-9-8-16(12-31)10-19(18)39-21-11-20(27(28,29)30)34-35(21)7/h8-11,13-14H,15H2,1-7H3. The van der Waals surface area contributed by atoms with Gasteiger partial charge in [0.2, 0.25) is 5.88 Å². The number of alkyl halides is 3. The third-order valence-electron chi connectivity index (χ3n) is 4.97. The first-order valence-corrected chi connectivity index (χ1v) is 12.2. The molecule has 11 nitrogen and oxygen atoms in total. The Bertz CT molecular complexity index is 1440. The van der Waals surface area contributed by atoms with Gasteiger partial charge >= 0.3 is 18.4 Å². The minimum absolute atomic E-state index is 0.0117. The highest BCUT2D eigenvalue weighted by atomic mass is 19.4. The molecular formula is C27H29F3N6O5. The van der Waals surface area contributed by atoms with Crippen molar-refractivity contribution in [2.45, 2.75) is 65.5 Å². The number of amides is 2. The van der Waals surface area contributed by atoms with Gasteiger partial charge in [0, 0.05) is 31.1 Å². The molecule has 2 amide bonds. The minimum atomic E-state index is -4.68. The molecule has 0 saturated carbocycles. The monoisotopic (exact) mass is 574 g/mol. The molecule has 14 heteroatoms. The fourth-order valence-electron chi connectivity index (χ4n) is 3.25. The molecule has 0 atom stereocenters. The van der Waals surface area contributed by atoms with Gasteiger partial charge in [0.15, 0.2) is 11.5 Å². The van der Waals surface area contributed by atoms with E-state index in [1.807, 2.05) is 6.07 Å². The SMILES string of the molecule is Cn1nc(C(F)(F)F)cc1Oc1cc(C#N)ccc1-c1ncc(CN(C(=O)OC(C)(C)C)C(=O)OC(C)(C)C)cn1. The summed E-state index contributed by atoms with van der Waals surface area (Å²) in [6.07, 6.45) is -3.81. The second-order valence-electron chi connectivity index (χ2n) is 10.9. The molecule has 0 N–H and O–H groups in total. The molecule has 41 heavy (non-hydrogen) atoms. The van der Waals surface area contributed by atoms with Crippen LogP contribution < -0.4 is 4.74 Å². The fraction of sp³-hybridized carbons (Fsp3) is 0.407. The zero-order valence-electron chi connectivity index (χ0n) is 23.5. The number of carbonyl (C=O) groups excluding carboxylic acids is 2. The fourth-order valence-corrected chi connectivity index (χ4v) is 3.25. The molecule has 0 bridgehead atoms. The van der Waals surface area contributed by atoms with E-state index in [4.69, 9.17) is 14.2 Å². The first kappa shape index (κ1) is 30.9. The van der Waals surface area contributed by atoms with Crippen molar-refractivity contribution in [3.05, 3.63) is 53.5 Å². The summed E-state index contributed by atoms with van der Waals surface area (Å²) in [4.78, 5) is 34.9. The number of nitriles is 1. The van der Waals surface area contributed by atoms with E-state index < -0.39 is 35.3 Å². The number of halogens is 3. The van der Waals surface area contributed by atoms with Crippen LogP contribution >= 0.6 is 0 Å². The highest BCUT2D eigenvalue weighted by Crippen LogP contribution is 2.35. The van der Waals surface area contributed by atoms with Crippen molar-refractivity contribution >= 4 is 12.2 Å². The summed E-state index contributed by atoms with van der Waals surface area (Å²) in [5.41, 5.74) is -2.10. The number of benzene rings is 1. The zero-order chi connectivity index (χ0) is 30.8. The summed E-state index contributed by atoms with van der Waals surface area (Å²) in [7, 11) is 1.28. The van der Waals surface area contributed by atoms with Crippen molar-refractivity contribution in [3.63, 3.8) is 0 Å². The van der Waals surface area contributed by atoms with Crippen molar-refractivity contribution in [2.75, 3.05) is 0 Å². The summed E-state index contributed by atoms with van der Waals surface area (Å²) < 4.78 is 56.7. The van der Waals surface area contributed by atoms with E-state index in [0.717, 1.165) is 15.6 Å². The Morgan fingerprint density at radius 1 is 0.976 bits per heavy atom. The predicted molar refractivity (Wildman–Crippen MR) is 138 cm³/mol. The molecule has 0 aliphatic carbocycles. The highest BCUT2D eigenvalue weighted by molar-refractivity contribution is 5.88. The van der Waals surface area contributed by atoms with Gasteiger partial charge < -0.3 is 14.2 Å². The number of carbonyl (C=O) groups is 2. The number of aromatic nitrogens is 4. The number of nitrogens with zero attached hydrogens (tertiary/aromatic N) is 6. The van der Waals surface area contributed by atoms with Crippen LogP contribution in [0.5, 0.6) is 11.6 Å². The molecule has 0 radical (unpaired) electrons. The molecular weight excluding hydrogens is 545 g/mol. The van der Waals surface area contributed by atoms with Gasteiger partial charge in [-0.2, -0.15) is 23.5 Å². The van der Waals surface area contributed by atoms with Crippen LogP contribution in [0.2, 0.25) is 0 Å². The van der Waals surface area contributed by atoms with Gasteiger partial charge in [0.25, 0.3) is 0 Å². The lowest BCUT2D eigenvalue weighted by Crippen LogP contribution is -2.43. The molecule has 2 aromatic heterocycles. The second-order valence-corrected chi connectivity index (χ2v) is 10.9. The van der Waals surface area contributed by atoms with Crippen LogP contribution in [0.1, 0.15) is 58.4 Å². The molecule has 0 saturated heterocycles. The summed E-state index contributed by atoms with van der Waals surface area (Å²) in [5.74, 6) is -0.110. The average Bonchev–Trinajstić information content (AvgIpc) is 3.21. The van der Waals surface area contributed by atoms with Crippen LogP contribution in [-0.4, -0.2) is 48.0 Å². The van der Waals surface area contributed by atoms with Crippen LogP contribution in [0.15, 0.2) is 36.7 Å². The van der Waals surface area contributed by atoms with Gasteiger partial charge in [-0.15, -0.1) is 0 Å². The number of hydrogen-bond acceptors (Lipinski definition) is 9. The minimum Gasteiger partial charge on any atom is -0.443 e. The average molecular weight is 575 g/mol. The van der Waals surface area contributed by atoms with E-state index in [1.54, 1.807) is 41.5 Å². The molecule has 218 valence electrons. The Balaban J connectivity index is 1.92. The van der Waals surface area contributed by atoms with Crippen LogP contribution in [0.25, 0.3) is 11.4 Å². The Morgan fingerprint density at radius 3 is 2.00 bits per heavy atom. The van der Waals surface area contributed by atoms with Crippen LogP contribution in [0.4, 0.5) is 22.8 Å². The van der Waals surface area contributed by atoms with Crippen molar-refractivity contribution < 1.29 is 37.0 Å². The maximum atomic E-state index is 13.1. The van der Waals surface area contributed by atoms with E-state index in [1.165, 1.54) is 37.6 Å². The first-order chi connectivity index (χ1) is 18.9. The Kier molecular flexibility index (Phi) is 8.61. The molecule has 2 heterocycles. The number of hydrogen-bond donors (Lipinski definition) is 0. The number of imide groups is 1.